The van der Waals surface area contributed by atoms with Gasteiger partial charge in [-0.05, 0) is 18.2 Å². The predicted molar refractivity (Wildman–Crippen MR) is 80.3 cm³/mol. The lowest BCUT2D eigenvalue weighted by Gasteiger charge is -2.06. The zero-order valence-electron chi connectivity index (χ0n) is 12.0. The Kier molecular flexibility index (Phi) is 5.30. The SMILES string of the molecule is N#Cc1cccc(NC(=O)CCSc2nnc(C(F)(F)F)n2N)c1. The standard InChI is InChI=1S/C13H11F3N6OS/c14-13(15,16)11-20-21-12(22(11)18)24-5-4-10(23)19-9-3-1-2-8(6-9)7-17/h1-3,6H,4-5,18H2,(H,19,23). The van der Waals surface area contributed by atoms with E-state index in [1.54, 1.807) is 18.2 Å². The van der Waals surface area contributed by atoms with E-state index < -0.39 is 12.0 Å². The first-order chi connectivity index (χ1) is 11.3. The van der Waals surface area contributed by atoms with Crippen molar-refractivity contribution in [1.29, 1.82) is 5.26 Å². The number of amides is 1. The average Bonchev–Trinajstić information content (AvgIpc) is 2.88. The van der Waals surface area contributed by atoms with Gasteiger partial charge >= 0.3 is 6.18 Å². The number of anilines is 1. The average molecular weight is 356 g/mol. The molecule has 0 aliphatic heterocycles. The molecule has 0 saturated heterocycles. The smallest absolute Gasteiger partial charge is 0.335 e. The number of hydrogen-bond acceptors (Lipinski definition) is 6. The Bertz CT molecular complexity index is 783. The molecule has 0 saturated carbocycles. The third-order valence-corrected chi connectivity index (χ3v) is 3.70. The van der Waals surface area contributed by atoms with Crippen molar-refractivity contribution in [1.82, 2.24) is 14.9 Å². The minimum Gasteiger partial charge on any atom is -0.335 e. The molecule has 0 aliphatic rings. The number of benzene rings is 1. The largest absolute Gasteiger partial charge is 0.453 e. The molecule has 2 rings (SSSR count). The van der Waals surface area contributed by atoms with Crippen LogP contribution in [-0.4, -0.2) is 26.5 Å². The molecular formula is C13H11F3N6OS. The highest BCUT2D eigenvalue weighted by Gasteiger charge is 2.38. The lowest BCUT2D eigenvalue weighted by atomic mass is 10.2. The van der Waals surface area contributed by atoms with Crippen molar-refractivity contribution in [3.63, 3.8) is 0 Å². The Morgan fingerprint density at radius 2 is 2.17 bits per heavy atom. The van der Waals surface area contributed by atoms with Crippen molar-refractivity contribution in [3.8, 4) is 6.07 Å². The summed E-state index contributed by atoms with van der Waals surface area (Å²) in [5.41, 5.74) is 0.864. The van der Waals surface area contributed by atoms with Gasteiger partial charge in [0.05, 0.1) is 11.6 Å². The third-order valence-electron chi connectivity index (χ3n) is 2.75. The number of halogens is 3. The molecule has 0 atom stereocenters. The molecule has 0 fully saturated rings. The van der Waals surface area contributed by atoms with Crippen LogP contribution in [0, 0.1) is 11.3 Å². The van der Waals surface area contributed by atoms with Gasteiger partial charge in [-0.2, -0.15) is 18.4 Å². The molecule has 1 aromatic heterocycles. The van der Waals surface area contributed by atoms with Crippen molar-refractivity contribution in [2.75, 3.05) is 16.9 Å². The number of nitrogens with zero attached hydrogens (tertiary/aromatic N) is 4. The zero-order chi connectivity index (χ0) is 17.7. The van der Waals surface area contributed by atoms with Crippen molar-refractivity contribution >= 4 is 23.4 Å². The number of carbonyl (C=O) groups is 1. The van der Waals surface area contributed by atoms with Crippen LogP contribution in [0.4, 0.5) is 18.9 Å². The van der Waals surface area contributed by atoms with Crippen molar-refractivity contribution in [2.24, 2.45) is 0 Å². The van der Waals surface area contributed by atoms with Crippen molar-refractivity contribution in [2.45, 2.75) is 17.8 Å². The number of nitrogens with one attached hydrogen (secondary N) is 1. The molecular weight excluding hydrogens is 345 g/mol. The van der Waals surface area contributed by atoms with Gasteiger partial charge in [0, 0.05) is 17.9 Å². The molecule has 0 spiro atoms. The van der Waals surface area contributed by atoms with E-state index >= 15 is 0 Å². The molecule has 7 nitrogen and oxygen atoms in total. The summed E-state index contributed by atoms with van der Waals surface area (Å²) in [7, 11) is 0. The number of aromatic nitrogens is 3. The Morgan fingerprint density at radius 1 is 1.42 bits per heavy atom. The van der Waals surface area contributed by atoms with Gasteiger partial charge in [-0.25, -0.2) is 4.68 Å². The topological polar surface area (TPSA) is 110 Å². The fourth-order valence-corrected chi connectivity index (χ4v) is 2.49. The fraction of sp³-hybridized carbons (Fsp3) is 0.231. The quantitative estimate of drug-likeness (QED) is 0.626. The van der Waals surface area contributed by atoms with Gasteiger partial charge in [-0.1, -0.05) is 17.8 Å². The summed E-state index contributed by atoms with van der Waals surface area (Å²) >= 11 is 0.882. The molecule has 2 aromatic rings. The lowest BCUT2D eigenvalue weighted by Crippen LogP contribution is -2.21. The predicted octanol–water partition coefficient (Wildman–Crippen LogP) is 2.00. The molecule has 0 radical (unpaired) electrons. The summed E-state index contributed by atoms with van der Waals surface area (Å²) in [6.45, 7) is 0. The van der Waals surface area contributed by atoms with Crippen LogP contribution in [0.2, 0.25) is 0 Å². The third kappa shape index (κ3) is 4.39. The van der Waals surface area contributed by atoms with Gasteiger partial charge < -0.3 is 11.2 Å². The summed E-state index contributed by atoms with van der Waals surface area (Å²) in [5.74, 6) is 3.79. The van der Waals surface area contributed by atoms with Crippen LogP contribution in [0.5, 0.6) is 0 Å². The molecule has 0 aliphatic carbocycles. The number of thioether (sulfide) groups is 1. The number of nitrogen functional groups attached to an aromatic ring is 1. The minimum atomic E-state index is -4.69. The number of nitriles is 1. The summed E-state index contributed by atoms with van der Waals surface area (Å²) in [6.07, 6.45) is -4.67. The second-order valence-electron chi connectivity index (χ2n) is 4.51. The van der Waals surface area contributed by atoms with Crippen LogP contribution in [0.3, 0.4) is 0 Å². The van der Waals surface area contributed by atoms with Gasteiger partial charge in [0.2, 0.25) is 11.1 Å². The summed E-state index contributed by atoms with van der Waals surface area (Å²) in [5, 5.41) is 17.6. The highest BCUT2D eigenvalue weighted by atomic mass is 32.2. The second kappa shape index (κ2) is 7.22. The molecule has 0 unspecified atom stereocenters. The van der Waals surface area contributed by atoms with Crippen LogP contribution >= 0.6 is 11.8 Å². The van der Waals surface area contributed by atoms with E-state index in [9.17, 15) is 18.0 Å². The molecule has 24 heavy (non-hydrogen) atoms. The second-order valence-corrected chi connectivity index (χ2v) is 5.58. The van der Waals surface area contributed by atoms with E-state index in [2.05, 4.69) is 15.5 Å². The minimum absolute atomic E-state index is 0.0235. The molecule has 3 N–H and O–H groups in total. The Balaban J connectivity index is 1.87. The Morgan fingerprint density at radius 3 is 2.79 bits per heavy atom. The highest BCUT2D eigenvalue weighted by Crippen LogP contribution is 2.28. The van der Waals surface area contributed by atoms with Gasteiger partial charge in [0.1, 0.15) is 0 Å². The van der Waals surface area contributed by atoms with E-state index in [1.165, 1.54) is 6.07 Å². The van der Waals surface area contributed by atoms with Gasteiger partial charge in [-0.3, -0.25) is 4.79 Å². The molecule has 126 valence electrons. The van der Waals surface area contributed by atoms with Crippen LogP contribution in [-0.2, 0) is 11.0 Å². The van der Waals surface area contributed by atoms with Crippen molar-refractivity contribution < 1.29 is 18.0 Å². The number of carbonyl (C=O) groups excluding carboxylic acids is 1. The number of nitrogens with two attached hydrogens (primary N) is 1. The van der Waals surface area contributed by atoms with E-state index in [-0.39, 0.29) is 23.2 Å². The first kappa shape index (κ1) is 17.6. The summed E-state index contributed by atoms with van der Waals surface area (Å²) in [6, 6.07) is 8.30. The molecule has 11 heteroatoms. The van der Waals surface area contributed by atoms with Crippen LogP contribution in [0.1, 0.15) is 17.8 Å². The number of alkyl halides is 3. The lowest BCUT2D eigenvalue weighted by molar-refractivity contribution is -0.146. The summed E-state index contributed by atoms with van der Waals surface area (Å²) < 4.78 is 37.9. The zero-order valence-corrected chi connectivity index (χ0v) is 12.9. The Labute approximate surface area is 138 Å². The van der Waals surface area contributed by atoms with Crippen LogP contribution < -0.4 is 11.2 Å². The fourth-order valence-electron chi connectivity index (χ4n) is 1.69. The normalized spacial score (nSPS) is 11.1. The molecule has 1 amide bonds. The first-order valence-corrected chi connectivity index (χ1v) is 7.50. The Hall–Kier alpha value is -2.74. The molecule has 1 heterocycles. The van der Waals surface area contributed by atoms with Gasteiger partial charge in [0.15, 0.2) is 0 Å². The van der Waals surface area contributed by atoms with E-state index in [0.29, 0.717) is 15.9 Å². The van der Waals surface area contributed by atoms with E-state index in [0.717, 1.165) is 11.8 Å². The summed E-state index contributed by atoms with van der Waals surface area (Å²) in [4.78, 5) is 11.8. The maximum atomic E-state index is 12.5. The van der Waals surface area contributed by atoms with Gasteiger partial charge in [-0.15, -0.1) is 10.2 Å². The van der Waals surface area contributed by atoms with E-state index in [4.69, 9.17) is 11.1 Å². The number of hydrogen-bond donors (Lipinski definition) is 2. The molecule has 0 bridgehead atoms. The van der Waals surface area contributed by atoms with E-state index in [1.807, 2.05) is 6.07 Å². The molecule has 1 aromatic carbocycles. The van der Waals surface area contributed by atoms with Crippen LogP contribution in [0.25, 0.3) is 0 Å². The highest BCUT2D eigenvalue weighted by molar-refractivity contribution is 7.99. The monoisotopic (exact) mass is 356 g/mol. The van der Waals surface area contributed by atoms with Gasteiger partial charge in [0.25, 0.3) is 5.82 Å². The van der Waals surface area contributed by atoms with Crippen molar-refractivity contribution in [3.05, 3.63) is 35.7 Å². The van der Waals surface area contributed by atoms with Crippen LogP contribution in [0.15, 0.2) is 29.4 Å². The first-order valence-electron chi connectivity index (χ1n) is 6.52. The maximum absolute atomic E-state index is 12.5. The number of rotatable bonds is 5. The maximum Gasteiger partial charge on any atom is 0.453 e.